The van der Waals surface area contributed by atoms with Crippen LogP contribution in [-0.2, 0) is 10.0 Å². The molecule has 0 amide bonds. The fourth-order valence-corrected chi connectivity index (χ4v) is 3.86. The average Bonchev–Trinajstić information content (AvgIpc) is 2.70. The Kier molecular flexibility index (Phi) is 4.83. The standard InChI is InChI=1S/C21H19NO5S/c1-15-4-2-3-5-19(15)27-17-7-9-18(10-8-17)28(23,24)22-16-6-11-20-21(14-16)26-13-12-25-20/h2-11,14,22H,12-13H2,1H3. The molecule has 7 heteroatoms. The van der Waals surface area contributed by atoms with Crippen molar-refractivity contribution >= 4 is 15.7 Å². The Morgan fingerprint density at radius 2 is 1.61 bits per heavy atom. The van der Waals surface area contributed by atoms with Crippen molar-refractivity contribution in [3.8, 4) is 23.0 Å². The Morgan fingerprint density at radius 1 is 0.893 bits per heavy atom. The van der Waals surface area contributed by atoms with Gasteiger partial charge in [-0.15, -0.1) is 0 Å². The first kappa shape index (κ1) is 18.2. The number of benzene rings is 3. The van der Waals surface area contributed by atoms with Crippen LogP contribution >= 0.6 is 0 Å². The smallest absolute Gasteiger partial charge is 0.261 e. The minimum absolute atomic E-state index is 0.138. The van der Waals surface area contributed by atoms with Crippen molar-refractivity contribution < 1.29 is 22.6 Å². The van der Waals surface area contributed by atoms with E-state index in [1.165, 1.54) is 12.1 Å². The summed E-state index contributed by atoms with van der Waals surface area (Å²) < 4.78 is 44.6. The Bertz CT molecular complexity index is 1090. The highest BCUT2D eigenvalue weighted by molar-refractivity contribution is 7.92. The Hall–Kier alpha value is -3.19. The lowest BCUT2D eigenvalue weighted by atomic mass is 10.2. The molecular weight excluding hydrogens is 378 g/mol. The Labute approximate surface area is 163 Å². The number of hydrogen-bond donors (Lipinski definition) is 1. The van der Waals surface area contributed by atoms with E-state index in [4.69, 9.17) is 14.2 Å². The molecule has 0 bridgehead atoms. The van der Waals surface area contributed by atoms with Gasteiger partial charge in [0, 0.05) is 6.07 Å². The average molecular weight is 397 g/mol. The summed E-state index contributed by atoms with van der Waals surface area (Å²) in [5, 5.41) is 0. The Morgan fingerprint density at radius 3 is 2.36 bits per heavy atom. The highest BCUT2D eigenvalue weighted by atomic mass is 32.2. The van der Waals surface area contributed by atoms with Crippen LogP contribution < -0.4 is 18.9 Å². The summed E-state index contributed by atoms with van der Waals surface area (Å²) in [6, 6.07) is 18.8. The summed E-state index contributed by atoms with van der Waals surface area (Å²) in [7, 11) is -3.74. The molecule has 3 aromatic carbocycles. The van der Waals surface area contributed by atoms with Gasteiger partial charge in [-0.3, -0.25) is 4.72 Å². The molecule has 144 valence electrons. The zero-order chi connectivity index (χ0) is 19.6. The van der Waals surface area contributed by atoms with Gasteiger partial charge >= 0.3 is 0 Å². The number of nitrogens with one attached hydrogen (secondary N) is 1. The lowest BCUT2D eigenvalue weighted by molar-refractivity contribution is 0.171. The molecule has 0 saturated heterocycles. The SMILES string of the molecule is Cc1ccccc1Oc1ccc(S(=O)(=O)Nc2ccc3c(c2)OCCO3)cc1. The van der Waals surface area contributed by atoms with E-state index in [-0.39, 0.29) is 4.90 Å². The molecule has 28 heavy (non-hydrogen) atoms. The molecule has 1 N–H and O–H groups in total. The summed E-state index contributed by atoms with van der Waals surface area (Å²) in [5.74, 6) is 2.42. The fraction of sp³-hybridized carbons (Fsp3) is 0.143. The van der Waals surface area contributed by atoms with Crippen molar-refractivity contribution in [2.75, 3.05) is 17.9 Å². The van der Waals surface area contributed by atoms with Crippen molar-refractivity contribution in [1.82, 2.24) is 0 Å². The van der Waals surface area contributed by atoms with Gasteiger partial charge in [-0.1, -0.05) is 18.2 Å². The number of aryl methyl sites for hydroxylation is 1. The second-order valence-corrected chi connectivity index (χ2v) is 7.99. The highest BCUT2D eigenvalue weighted by Gasteiger charge is 2.17. The highest BCUT2D eigenvalue weighted by Crippen LogP contribution is 2.33. The molecule has 0 fully saturated rings. The van der Waals surface area contributed by atoms with Crippen LogP contribution in [0.15, 0.2) is 71.6 Å². The van der Waals surface area contributed by atoms with E-state index in [0.717, 1.165) is 11.3 Å². The van der Waals surface area contributed by atoms with Crippen LogP contribution in [0.2, 0.25) is 0 Å². The number of rotatable bonds is 5. The second kappa shape index (κ2) is 7.44. The third-order valence-electron chi connectivity index (χ3n) is 4.25. The number of sulfonamides is 1. The van der Waals surface area contributed by atoms with Crippen molar-refractivity contribution in [1.29, 1.82) is 0 Å². The van der Waals surface area contributed by atoms with Gasteiger partial charge in [0.1, 0.15) is 24.7 Å². The normalized spacial score (nSPS) is 13.0. The first-order valence-corrected chi connectivity index (χ1v) is 10.3. The van der Waals surface area contributed by atoms with Crippen LogP contribution in [0.4, 0.5) is 5.69 Å². The van der Waals surface area contributed by atoms with Crippen molar-refractivity contribution in [2.24, 2.45) is 0 Å². The van der Waals surface area contributed by atoms with E-state index in [1.807, 2.05) is 31.2 Å². The van der Waals surface area contributed by atoms with Crippen LogP contribution in [0, 0.1) is 6.92 Å². The first-order chi connectivity index (χ1) is 13.5. The predicted molar refractivity (Wildman–Crippen MR) is 106 cm³/mol. The van der Waals surface area contributed by atoms with Crippen LogP contribution in [0.1, 0.15) is 5.56 Å². The van der Waals surface area contributed by atoms with Gasteiger partial charge in [0.05, 0.1) is 10.6 Å². The maximum absolute atomic E-state index is 12.7. The fourth-order valence-electron chi connectivity index (χ4n) is 2.81. The summed E-state index contributed by atoms with van der Waals surface area (Å²) in [6.07, 6.45) is 0. The summed E-state index contributed by atoms with van der Waals surface area (Å²) >= 11 is 0. The van der Waals surface area contributed by atoms with Crippen LogP contribution in [-0.4, -0.2) is 21.6 Å². The van der Waals surface area contributed by atoms with Crippen LogP contribution in [0.3, 0.4) is 0 Å². The maximum atomic E-state index is 12.7. The number of anilines is 1. The van der Waals surface area contributed by atoms with Crippen molar-refractivity contribution in [3.05, 3.63) is 72.3 Å². The minimum Gasteiger partial charge on any atom is -0.486 e. The molecule has 0 atom stereocenters. The molecular formula is C21H19NO5S. The second-order valence-electron chi connectivity index (χ2n) is 6.30. The Balaban J connectivity index is 1.51. The zero-order valence-corrected chi connectivity index (χ0v) is 16.0. The molecule has 3 aromatic rings. The topological polar surface area (TPSA) is 73.9 Å². The van der Waals surface area contributed by atoms with E-state index in [9.17, 15) is 8.42 Å². The molecule has 1 heterocycles. The lowest BCUT2D eigenvalue weighted by Gasteiger charge is -2.19. The van der Waals surface area contributed by atoms with Gasteiger partial charge in [0.2, 0.25) is 0 Å². The third-order valence-corrected chi connectivity index (χ3v) is 5.65. The minimum atomic E-state index is -3.74. The molecule has 6 nitrogen and oxygen atoms in total. The summed E-state index contributed by atoms with van der Waals surface area (Å²) in [6.45, 7) is 2.87. The molecule has 1 aliphatic heterocycles. The van der Waals surface area contributed by atoms with Crippen molar-refractivity contribution in [2.45, 2.75) is 11.8 Å². The quantitative estimate of drug-likeness (QED) is 0.692. The predicted octanol–water partition coefficient (Wildman–Crippen LogP) is 4.36. The monoisotopic (exact) mass is 397 g/mol. The maximum Gasteiger partial charge on any atom is 0.261 e. The lowest BCUT2D eigenvalue weighted by Crippen LogP contribution is -2.16. The van der Waals surface area contributed by atoms with E-state index < -0.39 is 10.0 Å². The van der Waals surface area contributed by atoms with Gasteiger partial charge in [0.25, 0.3) is 10.0 Å². The molecule has 0 aliphatic carbocycles. The number of fused-ring (bicyclic) bond motifs is 1. The summed E-state index contributed by atoms with van der Waals surface area (Å²) in [5.41, 5.74) is 1.41. The van der Waals surface area contributed by atoms with Crippen molar-refractivity contribution in [3.63, 3.8) is 0 Å². The first-order valence-electron chi connectivity index (χ1n) is 8.77. The van der Waals surface area contributed by atoms with Crippen LogP contribution in [0.25, 0.3) is 0 Å². The van der Waals surface area contributed by atoms with Crippen LogP contribution in [0.5, 0.6) is 23.0 Å². The molecule has 0 unspecified atom stereocenters. The van der Waals surface area contributed by atoms with E-state index in [2.05, 4.69) is 4.72 Å². The molecule has 0 radical (unpaired) electrons. The number of hydrogen-bond acceptors (Lipinski definition) is 5. The molecule has 0 aromatic heterocycles. The van der Waals surface area contributed by atoms with E-state index in [1.54, 1.807) is 30.3 Å². The van der Waals surface area contributed by atoms with E-state index >= 15 is 0 Å². The summed E-state index contributed by atoms with van der Waals surface area (Å²) in [4.78, 5) is 0.138. The molecule has 0 spiro atoms. The number of ether oxygens (including phenoxy) is 3. The van der Waals surface area contributed by atoms with Gasteiger partial charge < -0.3 is 14.2 Å². The molecule has 4 rings (SSSR count). The van der Waals surface area contributed by atoms with E-state index in [0.29, 0.717) is 36.1 Å². The molecule has 1 aliphatic rings. The van der Waals surface area contributed by atoms with Gasteiger partial charge in [-0.05, 0) is 55.0 Å². The molecule has 0 saturated carbocycles. The van der Waals surface area contributed by atoms with Gasteiger partial charge in [-0.2, -0.15) is 0 Å². The third kappa shape index (κ3) is 3.89. The number of para-hydroxylation sites is 1. The van der Waals surface area contributed by atoms with Gasteiger partial charge in [0.15, 0.2) is 11.5 Å². The zero-order valence-electron chi connectivity index (χ0n) is 15.2. The largest absolute Gasteiger partial charge is 0.486 e. The van der Waals surface area contributed by atoms with Gasteiger partial charge in [-0.25, -0.2) is 8.42 Å².